The van der Waals surface area contributed by atoms with Crippen molar-refractivity contribution in [2.45, 2.75) is 13.8 Å². The highest BCUT2D eigenvalue weighted by atomic mass is 35.5. The topological polar surface area (TPSA) is 98.0 Å². The summed E-state index contributed by atoms with van der Waals surface area (Å²) in [5.74, 6) is -0.504. The van der Waals surface area contributed by atoms with Crippen molar-refractivity contribution in [2.75, 3.05) is 5.32 Å². The van der Waals surface area contributed by atoms with Crippen molar-refractivity contribution in [1.29, 1.82) is 0 Å². The summed E-state index contributed by atoms with van der Waals surface area (Å²) >= 11 is 6.53. The van der Waals surface area contributed by atoms with Crippen LogP contribution in [0.5, 0.6) is 0 Å². The number of benzene rings is 1. The van der Waals surface area contributed by atoms with Crippen molar-refractivity contribution < 1.29 is 9.72 Å². The molecule has 2 rings (SSSR count). The Labute approximate surface area is 122 Å². The molecule has 1 aromatic carbocycles. The van der Waals surface area contributed by atoms with Crippen LogP contribution >= 0.6 is 22.9 Å². The van der Waals surface area contributed by atoms with Gasteiger partial charge in [0, 0.05) is 11.6 Å². The van der Waals surface area contributed by atoms with Crippen molar-refractivity contribution in [1.82, 2.24) is 10.2 Å². The Kier molecular flexibility index (Phi) is 3.96. The molecule has 0 atom stereocenters. The summed E-state index contributed by atoms with van der Waals surface area (Å²) in [6.07, 6.45) is 0. The van der Waals surface area contributed by atoms with E-state index >= 15 is 0 Å². The Morgan fingerprint density at radius 1 is 1.35 bits per heavy atom. The molecule has 0 bridgehead atoms. The molecule has 0 saturated carbocycles. The third kappa shape index (κ3) is 2.91. The molecule has 9 heteroatoms. The highest BCUT2D eigenvalue weighted by Gasteiger charge is 2.17. The number of carbonyl (C=O) groups is 1. The van der Waals surface area contributed by atoms with Gasteiger partial charge < -0.3 is 5.32 Å². The second-order valence-corrected chi connectivity index (χ2v) is 5.58. The lowest BCUT2D eigenvalue weighted by Gasteiger charge is -2.08. The lowest BCUT2D eigenvalue weighted by Crippen LogP contribution is -2.13. The molecule has 1 N–H and O–H groups in total. The van der Waals surface area contributed by atoms with Gasteiger partial charge in [-0.15, -0.1) is 10.2 Å². The minimum absolute atomic E-state index is 0.0544. The monoisotopic (exact) mass is 312 g/mol. The number of carbonyl (C=O) groups excluding carboxylic acids is 1. The summed E-state index contributed by atoms with van der Waals surface area (Å²) in [6, 6.07) is 2.96. The van der Waals surface area contributed by atoms with Crippen LogP contribution in [0, 0.1) is 24.0 Å². The molecule has 0 aliphatic rings. The van der Waals surface area contributed by atoms with Gasteiger partial charge in [-0.3, -0.25) is 14.9 Å². The molecule has 7 nitrogen and oxygen atoms in total. The predicted molar refractivity (Wildman–Crippen MR) is 75.4 cm³/mol. The van der Waals surface area contributed by atoms with Gasteiger partial charge in [0.15, 0.2) is 0 Å². The number of nitro groups is 1. The number of nitrogens with zero attached hydrogens (tertiary/aromatic N) is 3. The van der Waals surface area contributed by atoms with Gasteiger partial charge in [0.25, 0.3) is 11.6 Å². The van der Waals surface area contributed by atoms with Crippen LogP contribution in [-0.4, -0.2) is 21.0 Å². The number of amides is 1. The first-order valence-electron chi connectivity index (χ1n) is 5.44. The Balaban J connectivity index is 2.31. The van der Waals surface area contributed by atoms with Crippen LogP contribution in [0.25, 0.3) is 0 Å². The van der Waals surface area contributed by atoms with E-state index in [1.165, 1.54) is 6.07 Å². The smallest absolute Gasteiger partial charge is 0.286 e. The van der Waals surface area contributed by atoms with E-state index in [1.807, 2.05) is 0 Å². The summed E-state index contributed by atoms with van der Waals surface area (Å²) in [6.45, 7) is 3.39. The van der Waals surface area contributed by atoms with Gasteiger partial charge in [-0.1, -0.05) is 11.3 Å². The number of anilines is 1. The maximum Gasteiger partial charge on any atom is 0.286 e. The van der Waals surface area contributed by atoms with E-state index in [2.05, 4.69) is 15.5 Å². The third-order valence-electron chi connectivity index (χ3n) is 2.58. The lowest BCUT2D eigenvalue weighted by molar-refractivity contribution is -0.385. The average Bonchev–Trinajstić information content (AvgIpc) is 2.79. The molecule has 1 amide bonds. The molecule has 2 aromatic rings. The molecule has 1 heterocycles. The molecule has 0 unspecified atom stereocenters. The molecular weight excluding hydrogens is 304 g/mol. The maximum absolute atomic E-state index is 11.9. The molecule has 0 fully saturated rings. The number of rotatable bonds is 3. The van der Waals surface area contributed by atoms with E-state index in [1.54, 1.807) is 19.9 Å². The molecular formula is C11H9ClN4O3S. The molecule has 0 spiro atoms. The van der Waals surface area contributed by atoms with Gasteiger partial charge in [-0.2, -0.15) is 0 Å². The minimum Gasteiger partial charge on any atom is -0.319 e. The molecule has 0 aliphatic carbocycles. The minimum atomic E-state index is -0.504. The van der Waals surface area contributed by atoms with Crippen LogP contribution in [0.2, 0.25) is 4.47 Å². The van der Waals surface area contributed by atoms with Gasteiger partial charge in [0.05, 0.1) is 10.6 Å². The first-order valence-corrected chi connectivity index (χ1v) is 6.64. The van der Waals surface area contributed by atoms with Crippen molar-refractivity contribution in [3.8, 4) is 0 Å². The molecule has 1 aromatic heterocycles. The zero-order chi connectivity index (χ0) is 14.9. The SMILES string of the molecule is Cc1cc(C)c([N+](=O)[O-])cc1NC(=O)c1nnc(Cl)s1. The molecule has 104 valence electrons. The van der Waals surface area contributed by atoms with E-state index in [-0.39, 0.29) is 15.2 Å². The number of nitro benzene ring substituents is 1. The van der Waals surface area contributed by atoms with Crippen LogP contribution in [0.4, 0.5) is 11.4 Å². The molecule has 20 heavy (non-hydrogen) atoms. The fourth-order valence-electron chi connectivity index (χ4n) is 1.65. The van der Waals surface area contributed by atoms with E-state index in [0.29, 0.717) is 11.3 Å². The summed E-state index contributed by atoms with van der Waals surface area (Å²) in [5, 5.41) is 20.7. The van der Waals surface area contributed by atoms with Gasteiger partial charge >= 0.3 is 0 Å². The summed E-state index contributed by atoms with van der Waals surface area (Å²) < 4.78 is 0.154. The van der Waals surface area contributed by atoms with Gasteiger partial charge in [0.2, 0.25) is 9.47 Å². The molecule has 0 radical (unpaired) electrons. The normalized spacial score (nSPS) is 10.3. The number of halogens is 1. The van der Waals surface area contributed by atoms with Crippen molar-refractivity contribution in [3.05, 3.63) is 42.8 Å². The van der Waals surface area contributed by atoms with Crippen molar-refractivity contribution in [3.63, 3.8) is 0 Å². The van der Waals surface area contributed by atoms with Crippen LogP contribution in [0.1, 0.15) is 20.9 Å². The maximum atomic E-state index is 11.9. The van der Waals surface area contributed by atoms with E-state index in [4.69, 9.17) is 11.6 Å². The van der Waals surface area contributed by atoms with Gasteiger partial charge in [-0.25, -0.2) is 0 Å². The Morgan fingerprint density at radius 3 is 2.60 bits per heavy atom. The summed E-state index contributed by atoms with van der Waals surface area (Å²) in [5.41, 5.74) is 1.56. The first kappa shape index (κ1) is 14.4. The van der Waals surface area contributed by atoms with Crippen LogP contribution in [-0.2, 0) is 0 Å². The highest BCUT2D eigenvalue weighted by molar-refractivity contribution is 7.17. The Morgan fingerprint density at radius 2 is 2.05 bits per heavy atom. The van der Waals surface area contributed by atoms with E-state index in [0.717, 1.165) is 16.9 Å². The number of nitrogens with one attached hydrogen (secondary N) is 1. The average molecular weight is 313 g/mol. The lowest BCUT2D eigenvalue weighted by atomic mass is 10.1. The van der Waals surface area contributed by atoms with E-state index < -0.39 is 10.8 Å². The number of aryl methyl sites for hydroxylation is 2. The zero-order valence-corrected chi connectivity index (χ0v) is 12.1. The summed E-state index contributed by atoms with van der Waals surface area (Å²) in [4.78, 5) is 22.3. The first-order chi connectivity index (χ1) is 9.38. The predicted octanol–water partition coefficient (Wildman–Crippen LogP) is 2.97. The quantitative estimate of drug-likeness (QED) is 0.694. The van der Waals surface area contributed by atoms with Crippen molar-refractivity contribution in [2.24, 2.45) is 0 Å². The standard InChI is InChI=1S/C11H9ClN4O3S/c1-5-3-6(2)8(16(18)19)4-7(5)13-9(17)10-14-15-11(12)20-10/h3-4H,1-2H3,(H,13,17). The van der Waals surface area contributed by atoms with Crippen LogP contribution in [0.15, 0.2) is 12.1 Å². The Bertz CT molecular complexity index is 701. The third-order valence-corrected chi connectivity index (χ3v) is 3.60. The van der Waals surface area contributed by atoms with Crippen LogP contribution < -0.4 is 5.32 Å². The van der Waals surface area contributed by atoms with E-state index in [9.17, 15) is 14.9 Å². The second kappa shape index (κ2) is 5.51. The van der Waals surface area contributed by atoms with Gasteiger partial charge in [0.1, 0.15) is 0 Å². The fraction of sp³-hybridized carbons (Fsp3) is 0.182. The fourth-order valence-corrected chi connectivity index (χ4v) is 2.37. The second-order valence-electron chi connectivity index (χ2n) is 4.03. The summed E-state index contributed by atoms with van der Waals surface area (Å²) in [7, 11) is 0. The number of hydrogen-bond donors (Lipinski definition) is 1. The highest BCUT2D eigenvalue weighted by Crippen LogP contribution is 2.27. The number of hydrogen-bond acceptors (Lipinski definition) is 6. The molecule has 0 saturated heterocycles. The number of aromatic nitrogens is 2. The zero-order valence-electron chi connectivity index (χ0n) is 10.5. The largest absolute Gasteiger partial charge is 0.319 e. The van der Waals surface area contributed by atoms with Gasteiger partial charge in [-0.05, 0) is 37.1 Å². The molecule has 0 aliphatic heterocycles. The van der Waals surface area contributed by atoms with Crippen LogP contribution in [0.3, 0.4) is 0 Å². The van der Waals surface area contributed by atoms with Crippen molar-refractivity contribution >= 4 is 40.2 Å². The Hall–Kier alpha value is -2.06.